The Morgan fingerprint density at radius 2 is 1.83 bits per heavy atom. The Morgan fingerprint density at radius 1 is 1.09 bits per heavy atom. The van der Waals surface area contributed by atoms with Crippen LogP contribution in [-0.2, 0) is 7.05 Å². The molecule has 0 aliphatic rings. The van der Waals surface area contributed by atoms with Gasteiger partial charge in [-0.05, 0) is 37.5 Å². The topological polar surface area (TPSA) is 52.8 Å². The number of fused-ring (bicyclic) bond motifs is 1. The summed E-state index contributed by atoms with van der Waals surface area (Å²) in [5.74, 6) is 0.950. The number of pyridine rings is 1. The molecule has 0 aliphatic carbocycles. The third-order valence-corrected chi connectivity index (χ3v) is 4.07. The number of hydrogen-bond acceptors (Lipinski definition) is 4. The van der Waals surface area contributed by atoms with Crippen LogP contribution in [0.2, 0.25) is 0 Å². The lowest BCUT2D eigenvalue weighted by molar-refractivity contribution is 0.397. The third-order valence-electron chi connectivity index (χ3n) is 4.07. The van der Waals surface area contributed by atoms with E-state index in [2.05, 4.69) is 18.8 Å². The summed E-state index contributed by atoms with van der Waals surface area (Å²) in [6, 6.07) is 4.06. The van der Waals surface area contributed by atoms with Gasteiger partial charge in [-0.2, -0.15) is 0 Å². The molecule has 0 bridgehead atoms. The summed E-state index contributed by atoms with van der Waals surface area (Å²) >= 11 is 0. The van der Waals surface area contributed by atoms with Crippen LogP contribution >= 0.6 is 0 Å². The average Bonchev–Trinajstić information content (AvgIpc) is 2.80. The van der Waals surface area contributed by atoms with Gasteiger partial charge in [0.15, 0.2) is 5.65 Å². The minimum atomic E-state index is 0.351. The van der Waals surface area contributed by atoms with Crippen LogP contribution in [0.3, 0.4) is 0 Å². The molecule has 5 heteroatoms. The largest absolute Gasteiger partial charge is 0.480 e. The van der Waals surface area contributed by atoms with E-state index in [1.807, 2.05) is 43.8 Å². The molecule has 0 amide bonds. The van der Waals surface area contributed by atoms with Crippen LogP contribution in [0.5, 0.6) is 5.88 Å². The summed E-state index contributed by atoms with van der Waals surface area (Å²) in [6.45, 7) is 8.26. The molecule has 5 nitrogen and oxygen atoms in total. The van der Waals surface area contributed by atoms with Crippen LogP contribution in [0.15, 0.2) is 18.3 Å². The van der Waals surface area contributed by atoms with Gasteiger partial charge in [0.25, 0.3) is 0 Å². The fourth-order valence-corrected chi connectivity index (χ4v) is 2.80. The Balaban J connectivity index is 2.24. The molecule has 0 aromatic carbocycles. The average molecular weight is 310 g/mol. The molecule has 0 spiro atoms. The highest BCUT2D eigenvalue weighted by Gasteiger charge is 2.17. The Hall–Kier alpha value is -2.43. The van der Waals surface area contributed by atoms with Crippen LogP contribution in [0.1, 0.15) is 36.7 Å². The molecule has 0 unspecified atom stereocenters. The van der Waals surface area contributed by atoms with Gasteiger partial charge in [-0.15, -0.1) is 0 Å². The number of hydrogen-bond donors (Lipinski definition) is 0. The number of ether oxygens (including phenoxy) is 1. The molecule has 0 radical (unpaired) electrons. The summed E-state index contributed by atoms with van der Waals surface area (Å²) in [7, 11) is 3.63. The minimum Gasteiger partial charge on any atom is -0.480 e. The third kappa shape index (κ3) is 2.56. The Bertz CT molecular complexity index is 880. The molecule has 23 heavy (non-hydrogen) atoms. The van der Waals surface area contributed by atoms with E-state index in [0.29, 0.717) is 11.8 Å². The smallest absolute Gasteiger partial charge is 0.222 e. The molecular weight excluding hydrogens is 288 g/mol. The van der Waals surface area contributed by atoms with Gasteiger partial charge < -0.3 is 9.30 Å². The van der Waals surface area contributed by atoms with Crippen LogP contribution in [0.4, 0.5) is 0 Å². The molecule has 0 atom stereocenters. The molecule has 120 valence electrons. The zero-order valence-corrected chi connectivity index (χ0v) is 14.5. The zero-order valence-electron chi connectivity index (χ0n) is 14.5. The highest BCUT2D eigenvalue weighted by Crippen LogP contribution is 2.32. The second-order valence-electron chi connectivity index (χ2n) is 6.20. The van der Waals surface area contributed by atoms with E-state index in [-0.39, 0.29) is 0 Å². The molecule has 0 aliphatic heterocycles. The first kappa shape index (κ1) is 15.5. The van der Waals surface area contributed by atoms with Crippen molar-refractivity contribution in [3.63, 3.8) is 0 Å². The molecule has 3 rings (SSSR count). The van der Waals surface area contributed by atoms with Crippen molar-refractivity contribution >= 4 is 11.2 Å². The minimum absolute atomic E-state index is 0.351. The summed E-state index contributed by atoms with van der Waals surface area (Å²) in [5.41, 5.74) is 6.52. The van der Waals surface area contributed by atoms with E-state index in [9.17, 15) is 0 Å². The number of aryl methyl sites for hydroxylation is 3. The quantitative estimate of drug-likeness (QED) is 0.739. The lowest BCUT2D eigenvalue weighted by Crippen LogP contribution is -2.01. The van der Waals surface area contributed by atoms with Crippen LogP contribution in [0.25, 0.3) is 22.4 Å². The Morgan fingerprint density at radius 3 is 2.48 bits per heavy atom. The van der Waals surface area contributed by atoms with E-state index in [0.717, 1.165) is 39.4 Å². The van der Waals surface area contributed by atoms with Crippen molar-refractivity contribution in [2.24, 2.45) is 7.05 Å². The van der Waals surface area contributed by atoms with Gasteiger partial charge in [0.2, 0.25) is 5.88 Å². The van der Waals surface area contributed by atoms with Gasteiger partial charge in [0, 0.05) is 18.9 Å². The van der Waals surface area contributed by atoms with Crippen molar-refractivity contribution in [2.75, 3.05) is 7.11 Å². The second kappa shape index (κ2) is 5.65. The first-order valence-electron chi connectivity index (χ1n) is 7.78. The lowest BCUT2D eigenvalue weighted by atomic mass is 10.1. The fraction of sp³-hybridized carbons (Fsp3) is 0.389. The molecule has 0 saturated heterocycles. The molecular formula is C18H22N4O. The van der Waals surface area contributed by atoms with E-state index in [1.54, 1.807) is 7.11 Å². The number of methoxy groups -OCH3 is 1. The van der Waals surface area contributed by atoms with E-state index in [4.69, 9.17) is 14.7 Å². The highest BCUT2D eigenvalue weighted by molar-refractivity contribution is 5.80. The second-order valence-corrected chi connectivity index (χ2v) is 6.20. The number of aromatic nitrogens is 4. The zero-order chi connectivity index (χ0) is 16.7. The van der Waals surface area contributed by atoms with Gasteiger partial charge >= 0.3 is 0 Å². The normalized spacial score (nSPS) is 11.4. The van der Waals surface area contributed by atoms with Crippen molar-refractivity contribution in [1.82, 2.24) is 19.5 Å². The van der Waals surface area contributed by atoms with Crippen molar-refractivity contribution < 1.29 is 4.74 Å². The van der Waals surface area contributed by atoms with Gasteiger partial charge in [-0.25, -0.2) is 15.0 Å². The molecule has 3 aromatic heterocycles. The summed E-state index contributed by atoms with van der Waals surface area (Å²) in [4.78, 5) is 14.2. The van der Waals surface area contributed by atoms with Crippen molar-refractivity contribution in [1.29, 1.82) is 0 Å². The van der Waals surface area contributed by atoms with Gasteiger partial charge in [0.1, 0.15) is 5.52 Å². The highest BCUT2D eigenvalue weighted by atomic mass is 16.5. The van der Waals surface area contributed by atoms with Crippen LogP contribution in [0, 0.1) is 13.8 Å². The van der Waals surface area contributed by atoms with Crippen molar-refractivity contribution in [3.8, 4) is 17.1 Å². The molecule has 0 fully saturated rings. The van der Waals surface area contributed by atoms with E-state index < -0.39 is 0 Å². The monoisotopic (exact) mass is 310 g/mol. The maximum atomic E-state index is 5.51. The first-order valence-corrected chi connectivity index (χ1v) is 7.78. The standard InChI is InChI=1S/C18H22N4O/c1-10(2)14-8-7-13(18(20-14)23-6)16-12(4)19-17-15(21-16)11(3)9-22(17)5/h7-10H,1-6H3. The van der Waals surface area contributed by atoms with Crippen LogP contribution in [-0.4, -0.2) is 26.6 Å². The lowest BCUT2D eigenvalue weighted by Gasteiger charge is -2.12. The molecule has 3 heterocycles. The van der Waals surface area contributed by atoms with Gasteiger partial charge in [0.05, 0.1) is 24.1 Å². The Kier molecular flexibility index (Phi) is 3.80. The summed E-state index contributed by atoms with van der Waals surface area (Å²) in [6.07, 6.45) is 2.05. The van der Waals surface area contributed by atoms with Gasteiger partial charge in [-0.3, -0.25) is 0 Å². The predicted octanol–water partition coefficient (Wildman–Crippen LogP) is 3.78. The summed E-state index contributed by atoms with van der Waals surface area (Å²) < 4.78 is 7.51. The van der Waals surface area contributed by atoms with Crippen molar-refractivity contribution in [2.45, 2.75) is 33.6 Å². The fourth-order valence-electron chi connectivity index (χ4n) is 2.80. The maximum absolute atomic E-state index is 5.51. The maximum Gasteiger partial charge on any atom is 0.222 e. The SMILES string of the molecule is COc1nc(C(C)C)ccc1-c1nc2c(C)cn(C)c2nc1C. The van der Waals surface area contributed by atoms with E-state index >= 15 is 0 Å². The molecule has 0 N–H and O–H groups in total. The Labute approximate surface area is 136 Å². The van der Waals surface area contributed by atoms with E-state index in [1.165, 1.54) is 0 Å². The predicted molar refractivity (Wildman–Crippen MR) is 91.9 cm³/mol. The summed E-state index contributed by atoms with van der Waals surface area (Å²) in [5, 5.41) is 0. The molecule has 0 saturated carbocycles. The van der Waals surface area contributed by atoms with Crippen molar-refractivity contribution in [3.05, 3.63) is 35.3 Å². The number of rotatable bonds is 3. The van der Waals surface area contributed by atoms with Gasteiger partial charge in [-0.1, -0.05) is 13.8 Å². The number of nitrogens with zero attached hydrogens (tertiary/aromatic N) is 4. The van der Waals surface area contributed by atoms with Crippen LogP contribution < -0.4 is 4.74 Å². The molecule has 3 aromatic rings. The first-order chi connectivity index (χ1) is 10.9.